The number of ether oxygens (including phenoxy) is 1. The maximum atomic E-state index is 12.8. The Kier molecular flexibility index (Phi) is 36.9. The highest BCUT2D eigenvalue weighted by atomic mass is 16.5. The van der Waals surface area contributed by atoms with Crippen molar-refractivity contribution in [2.75, 3.05) is 46.9 Å². The average Bonchev–Trinajstić information content (AvgIpc) is 3.04. The molecule has 0 bridgehead atoms. The van der Waals surface area contributed by atoms with Gasteiger partial charge in [0.1, 0.15) is 0 Å². The number of unbranched alkanes of at least 4 members (excludes halogenated alkanes) is 21. The molecule has 0 aliphatic rings. The normalized spacial score (nSPS) is 12.1. The molecule has 270 valence electrons. The topological polar surface area (TPSA) is 32.8 Å². The van der Waals surface area contributed by atoms with Crippen molar-refractivity contribution in [1.29, 1.82) is 0 Å². The van der Waals surface area contributed by atoms with Crippen LogP contribution in [0.4, 0.5) is 0 Å². The predicted molar refractivity (Wildman–Crippen MR) is 205 cm³/mol. The molecule has 0 radical (unpaired) electrons. The Balaban J connectivity index is 3.75. The number of hydrogen-bond donors (Lipinski definition) is 0. The smallest absolute Gasteiger partial charge is 0.236 e. The third-order valence-corrected chi connectivity index (χ3v) is 8.74. The molecule has 0 unspecified atom stereocenters. The van der Waals surface area contributed by atoms with Gasteiger partial charge in [-0.3, -0.25) is 4.79 Å². The zero-order valence-corrected chi connectivity index (χ0v) is 31.6. The molecule has 1 amide bonds. The summed E-state index contributed by atoms with van der Waals surface area (Å²) < 4.78 is 5.95. The molecular weight excluding hydrogens is 564 g/mol. The first-order valence-electron chi connectivity index (χ1n) is 20.1. The van der Waals surface area contributed by atoms with Crippen LogP contribution in [0.1, 0.15) is 181 Å². The van der Waals surface area contributed by atoms with Crippen molar-refractivity contribution >= 4 is 5.91 Å². The Morgan fingerprint density at radius 3 is 1.41 bits per heavy atom. The number of allylic oxidation sites excluding steroid dienone is 6. The summed E-state index contributed by atoms with van der Waals surface area (Å²) in [5.74, 6) is 0.230. The summed E-state index contributed by atoms with van der Waals surface area (Å²) in [5.41, 5.74) is 0. The van der Waals surface area contributed by atoms with Gasteiger partial charge in [0.15, 0.2) is 0 Å². The molecule has 0 saturated carbocycles. The Hall–Kier alpha value is -1.39. The molecule has 0 spiro atoms. The summed E-state index contributed by atoms with van der Waals surface area (Å²) in [4.78, 5) is 16.8. The standard InChI is InChI=1S/C42H80N2O2/c1-5-7-9-11-13-15-17-19-21-23-25-27-29-31-33-35-37-44(42(45)41-43(3)4)38-40-46-39-36-34-32-30-28-26-24-22-20-18-16-14-12-10-8-6-2/h13,15,19-22H,5-12,14,16-18,23-41H2,1-4H3/b15-13-,21-19-,22-20-. The fourth-order valence-electron chi connectivity index (χ4n) is 5.75. The van der Waals surface area contributed by atoms with Gasteiger partial charge < -0.3 is 14.5 Å². The molecular formula is C42H80N2O2. The van der Waals surface area contributed by atoms with Crippen LogP contribution in [0.2, 0.25) is 0 Å². The van der Waals surface area contributed by atoms with Crippen LogP contribution < -0.4 is 0 Å². The van der Waals surface area contributed by atoms with Crippen molar-refractivity contribution in [3.63, 3.8) is 0 Å². The van der Waals surface area contributed by atoms with Crippen LogP contribution in [0.3, 0.4) is 0 Å². The molecule has 0 aromatic heterocycles. The Bertz CT molecular complexity index is 700. The first-order chi connectivity index (χ1) is 22.6. The zero-order chi connectivity index (χ0) is 33.6. The summed E-state index contributed by atoms with van der Waals surface area (Å²) in [7, 11) is 3.95. The quantitative estimate of drug-likeness (QED) is 0.0502. The third-order valence-electron chi connectivity index (χ3n) is 8.74. The number of likely N-dealkylation sites (N-methyl/N-ethyl adjacent to an activating group) is 1. The predicted octanol–water partition coefficient (Wildman–Crippen LogP) is 12.2. The first kappa shape index (κ1) is 44.6. The third kappa shape index (κ3) is 35.5. The highest BCUT2D eigenvalue weighted by Gasteiger charge is 2.13. The van der Waals surface area contributed by atoms with Gasteiger partial charge in [0.2, 0.25) is 5.91 Å². The SMILES string of the molecule is CCCCC/C=C\C/C=C\CCCCCCCCN(CCOCCCCCCCC/C=C\CCCCCCCC)C(=O)CN(C)C. The lowest BCUT2D eigenvalue weighted by atomic mass is 10.1. The second-order valence-corrected chi connectivity index (χ2v) is 13.8. The lowest BCUT2D eigenvalue weighted by Crippen LogP contribution is -2.40. The fourth-order valence-corrected chi connectivity index (χ4v) is 5.75. The molecule has 0 aliphatic heterocycles. The monoisotopic (exact) mass is 645 g/mol. The summed E-state index contributed by atoms with van der Waals surface area (Å²) >= 11 is 0. The number of rotatable bonds is 36. The minimum Gasteiger partial charge on any atom is -0.380 e. The molecule has 0 heterocycles. The Morgan fingerprint density at radius 1 is 0.478 bits per heavy atom. The van der Waals surface area contributed by atoms with E-state index in [2.05, 4.69) is 50.3 Å². The van der Waals surface area contributed by atoms with Gasteiger partial charge in [0, 0.05) is 19.7 Å². The highest BCUT2D eigenvalue weighted by molar-refractivity contribution is 5.78. The fraction of sp³-hybridized carbons (Fsp3) is 0.833. The molecule has 4 heteroatoms. The van der Waals surface area contributed by atoms with E-state index in [0.29, 0.717) is 13.2 Å². The molecule has 0 aliphatic carbocycles. The van der Waals surface area contributed by atoms with E-state index in [0.717, 1.165) is 39.0 Å². The molecule has 4 nitrogen and oxygen atoms in total. The van der Waals surface area contributed by atoms with Crippen LogP contribution in [0.25, 0.3) is 0 Å². The molecule has 0 atom stereocenters. The van der Waals surface area contributed by atoms with Gasteiger partial charge in [-0.05, 0) is 84.7 Å². The average molecular weight is 645 g/mol. The van der Waals surface area contributed by atoms with Crippen LogP contribution in [-0.4, -0.2) is 62.7 Å². The number of carbonyl (C=O) groups excluding carboxylic acids is 1. The van der Waals surface area contributed by atoms with E-state index in [9.17, 15) is 4.79 Å². The van der Waals surface area contributed by atoms with Crippen molar-refractivity contribution in [2.45, 2.75) is 181 Å². The summed E-state index contributed by atoms with van der Waals surface area (Å²) in [5, 5.41) is 0. The molecule has 0 rings (SSSR count). The van der Waals surface area contributed by atoms with E-state index >= 15 is 0 Å². The van der Waals surface area contributed by atoms with Crippen molar-refractivity contribution in [3.8, 4) is 0 Å². The van der Waals surface area contributed by atoms with E-state index in [1.54, 1.807) is 0 Å². The van der Waals surface area contributed by atoms with E-state index < -0.39 is 0 Å². The van der Waals surface area contributed by atoms with Gasteiger partial charge in [-0.25, -0.2) is 0 Å². The minimum atomic E-state index is 0.230. The highest BCUT2D eigenvalue weighted by Crippen LogP contribution is 2.11. The van der Waals surface area contributed by atoms with Crippen LogP contribution in [-0.2, 0) is 9.53 Å². The van der Waals surface area contributed by atoms with Crippen LogP contribution in [0, 0.1) is 0 Å². The van der Waals surface area contributed by atoms with E-state index in [4.69, 9.17) is 4.74 Å². The van der Waals surface area contributed by atoms with Gasteiger partial charge in [-0.2, -0.15) is 0 Å². The summed E-state index contributed by atoms with van der Waals surface area (Å²) in [6, 6.07) is 0. The van der Waals surface area contributed by atoms with Crippen molar-refractivity contribution < 1.29 is 9.53 Å². The maximum Gasteiger partial charge on any atom is 0.236 e. The first-order valence-corrected chi connectivity index (χ1v) is 20.1. The van der Waals surface area contributed by atoms with Gasteiger partial charge >= 0.3 is 0 Å². The molecule has 46 heavy (non-hydrogen) atoms. The molecule has 0 saturated heterocycles. The summed E-state index contributed by atoms with van der Waals surface area (Å²) in [6.45, 7) is 8.09. The zero-order valence-electron chi connectivity index (χ0n) is 31.6. The van der Waals surface area contributed by atoms with E-state index in [-0.39, 0.29) is 5.91 Å². The van der Waals surface area contributed by atoms with E-state index in [1.807, 2.05) is 23.9 Å². The van der Waals surface area contributed by atoms with Gasteiger partial charge in [0.25, 0.3) is 0 Å². The second-order valence-electron chi connectivity index (χ2n) is 13.8. The lowest BCUT2D eigenvalue weighted by molar-refractivity contribution is -0.132. The van der Waals surface area contributed by atoms with Crippen LogP contribution in [0.15, 0.2) is 36.5 Å². The Morgan fingerprint density at radius 2 is 0.891 bits per heavy atom. The van der Waals surface area contributed by atoms with Crippen LogP contribution >= 0.6 is 0 Å². The van der Waals surface area contributed by atoms with Gasteiger partial charge in [-0.15, -0.1) is 0 Å². The van der Waals surface area contributed by atoms with Crippen molar-refractivity contribution in [2.24, 2.45) is 0 Å². The number of amides is 1. The molecule has 0 aromatic rings. The lowest BCUT2D eigenvalue weighted by Gasteiger charge is -2.24. The molecule has 0 fully saturated rings. The van der Waals surface area contributed by atoms with Crippen molar-refractivity contribution in [1.82, 2.24) is 9.80 Å². The van der Waals surface area contributed by atoms with Crippen molar-refractivity contribution in [3.05, 3.63) is 36.5 Å². The van der Waals surface area contributed by atoms with Crippen LogP contribution in [0.5, 0.6) is 0 Å². The second kappa shape index (κ2) is 38.1. The minimum absolute atomic E-state index is 0.230. The maximum absolute atomic E-state index is 12.8. The Labute approximate surface area is 288 Å². The van der Waals surface area contributed by atoms with Gasteiger partial charge in [0.05, 0.1) is 13.2 Å². The molecule has 0 N–H and O–H groups in total. The summed E-state index contributed by atoms with van der Waals surface area (Å²) in [6.07, 6.45) is 47.7. The number of nitrogens with zero attached hydrogens (tertiary/aromatic N) is 2. The van der Waals surface area contributed by atoms with E-state index in [1.165, 1.54) is 148 Å². The van der Waals surface area contributed by atoms with Gasteiger partial charge in [-0.1, -0.05) is 147 Å². The largest absolute Gasteiger partial charge is 0.380 e. The molecule has 0 aromatic carbocycles. The number of carbonyl (C=O) groups is 1. The number of hydrogen-bond acceptors (Lipinski definition) is 3.